The van der Waals surface area contributed by atoms with E-state index in [1.54, 1.807) is 0 Å². The first-order valence-electron chi connectivity index (χ1n) is 23.9. The first kappa shape index (κ1) is 48.3. The second kappa shape index (κ2) is 18.2. The van der Waals surface area contributed by atoms with Gasteiger partial charge in [0.05, 0.1) is 44.7 Å². The Morgan fingerprint density at radius 3 is 1.86 bits per heavy atom. The Balaban J connectivity index is 0.848. The maximum Gasteiger partial charge on any atom is 0.187 e. The van der Waals surface area contributed by atoms with E-state index in [0.29, 0.717) is 48.3 Å². The van der Waals surface area contributed by atoms with Crippen LogP contribution in [0.2, 0.25) is 0 Å². The zero-order chi connectivity index (χ0) is 45.8. The van der Waals surface area contributed by atoms with Crippen molar-refractivity contribution in [2.45, 2.75) is 202 Å². The molecule has 4 saturated carbocycles. The van der Waals surface area contributed by atoms with E-state index in [0.717, 1.165) is 51.6 Å². The van der Waals surface area contributed by atoms with E-state index in [1.165, 1.54) is 0 Å². The van der Waals surface area contributed by atoms with Gasteiger partial charge in [0.1, 0.15) is 73.2 Å². The fraction of sp³-hybridized carbons (Fsp3) is 1.00. The van der Waals surface area contributed by atoms with Crippen LogP contribution in [0.3, 0.4) is 0 Å². The molecule has 9 aliphatic rings. The molecule has 19 heteroatoms. The Hall–Kier alpha value is -0.760. The van der Waals surface area contributed by atoms with E-state index >= 15 is 0 Å². The highest BCUT2D eigenvalue weighted by molar-refractivity contribution is 5.16. The molecule has 0 aromatic carbocycles. The van der Waals surface area contributed by atoms with E-state index in [9.17, 15) is 56.2 Å². The van der Waals surface area contributed by atoms with Crippen LogP contribution in [0.4, 0.5) is 0 Å². The zero-order valence-electron chi connectivity index (χ0n) is 37.3. The molecule has 5 heterocycles. The van der Waals surface area contributed by atoms with Crippen molar-refractivity contribution in [2.75, 3.05) is 26.4 Å². The number of hydrogen-bond donors (Lipinski definition) is 11. The molecular formula is C45H74O19. The maximum atomic E-state index is 11.8. The van der Waals surface area contributed by atoms with Crippen LogP contribution in [0.1, 0.15) is 85.5 Å². The van der Waals surface area contributed by atoms with Crippen LogP contribution >= 0.6 is 0 Å². The highest BCUT2D eigenvalue weighted by atomic mass is 16.8. The topological polar surface area (TPSA) is 296 Å². The SMILES string of the molecule is C[C@@H]1CC[C@@]2(OC1)O[C@H]1C[C@H]3[C@@H]4CC[C@@H]5C[C@@H](O[C@@H]6O[C@H](CO)[C@H](O[C@@H]7O[C@H](CO)[C@@H](O)[C@H](O)[C@H]7O[C@@H]7O[C@H](CO)[C@@H](O)[C@H](O)[C@H]7O)[C@H](O)[C@H]6O)[C@@H](O)C[C@]5(C)[C@H]4CC[C@]3(C)[C@H]1[C@@H]2C. The van der Waals surface area contributed by atoms with E-state index in [1.807, 2.05) is 0 Å². The number of rotatable bonds is 9. The van der Waals surface area contributed by atoms with Crippen molar-refractivity contribution in [3.8, 4) is 0 Å². The van der Waals surface area contributed by atoms with Crippen LogP contribution in [0.5, 0.6) is 0 Å². The molecule has 0 aromatic rings. The summed E-state index contributed by atoms with van der Waals surface area (Å²) < 4.78 is 48.7. The number of aliphatic hydroxyl groups excluding tert-OH is 11. The fourth-order valence-corrected chi connectivity index (χ4v) is 14.7. The quantitative estimate of drug-likeness (QED) is 0.114. The predicted molar refractivity (Wildman–Crippen MR) is 217 cm³/mol. The standard InChI is InChI=1S/C45H74O19/c1-18-7-10-45(57-17-18)19(2)30-26(64-45)12-23-21-6-5-20-11-25(24(49)13-44(20,4)22(21)8-9-43(23,30)3)58-40-37(56)35(54)38(29(16-48)61-40)62-42-39(34(53)32(51)28(15-47)60-42)63-41-36(55)33(52)31(50)27(14-46)59-41/h18-42,46-56H,5-17H2,1-4H3/t18-,19+,20-,21-,22+,23+,24+,25-,26+,27-,28-,29-,30+,31-,32-,33+,34+,35-,36-,37-,38+,39-,40-,41+,42+,43+,44+,45-/m1/s1. The highest BCUT2D eigenvalue weighted by Gasteiger charge is 2.69. The van der Waals surface area contributed by atoms with Gasteiger partial charge in [-0.2, -0.15) is 0 Å². The lowest BCUT2D eigenvalue weighted by Crippen LogP contribution is -2.67. The van der Waals surface area contributed by atoms with Crippen molar-refractivity contribution in [1.29, 1.82) is 0 Å². The van der Waals surface area contributed by atoms with Crippen molar-refractivity contribution < 1.29 is 94.1 Å². The molecule has 368 valence electrons. The van der Waals surface area contributed by atoms with Crippen molar-refractivity contribution in [3.05, 3.63) is 0 Å². The Bertz CT molecular complexity index is 1600. The Morgan fingerprint density at radius 1 is 0.578 bits per heavy atom. The lowest BCUT2D eigenvalue weighted by molar-refractivity contribution is -0.391. The summed E-state index contributed by atoms with van der Waals surface area (Å²) in [7, 11) is 0. The Labute approximate surface area is 373 Å². The van der Waals surface area contributed by atoms with Crippen LogP contribution in [0, 0.1) is 52.3 Å². The van der Waals surface area contributed by atoms with E-state index in [-0.39, 0.29) is 22.9 Å². The highest BCUT2D eigenvalue weighted by Crippen LogP contribution is 2.71. The molecule has 4 aliphatic carbocycles. The largest absolute Gasteiger partial charge is 0.394 e. The molecule has 0 aromatic heterocycles. The molecule has 0 unspecified atom stereocenters. The van der Waals surface area contributed by atoms with E-state index in [2.05, 4.69) is 27.7 Å². The van der Waals surface area contributed by atoms with Crippen LogP contribution in [0.25, 0.3) is 0 Å². The smallest absolute Gasteiger partial charge is 0.187 e. The molecule has 19 nitrogen and oxygen atoms in total. The summed E-state index contributed by atoms with van der Waals surface area (Å²) >= 11 is 0. The minimum atomic E-state index is -1.91. The minimum Gasteiger partial charge on any atom is -0.394 e. The summed E-state index contributed by atoms with van der Waals surface area (Å²) in [6.07, 6.45) is -18.5. The van der Waals surface area contributed by atoms with Crippen molar-refractivity contribution in [3.63, 3.8) is 0 Å². The van der Waals surface area contributed by atoms with Crippen LogP contribution in [-0.2, 0) is 37.9 Å². The predicted octanol–water partition coefficient (Wildman–Crippen LogP) is -1.76. The molecule has 5 aliphatic heterocycles. The van der Waals surface area contributed by atoms with Gasteiger partial charge in [0, 0.05) is 12.3 Å². The normalized spacial score (nSPS) is 58.6. The number of hydrogen-bond acceptors (Lipinski definition) is 19. The third-order valence-corrected chi connectivity index (χ3v) is 18.3. The van der Waals surface area contributed by atoms with Crippen LogP contribution in [-0.4, -0.2) is 199 Å². The first-order chi connectivity index (χ1) is 30.4. The van der Waals surface area contributed by atoms with E-state index in [4.69, 9.17) is 37.9 Å². The van der Waals surface area contributed by atoms with Gasteiger partial charge < -0.3 is 94.1 Å². The van der Waals surface area contributed by atoms with Crippen LogP contribution in [0.15, 0.2) is 0 Å². The maximum absolute atomic E-state index is 11.8. The zero-order valence-corrected chi connectivity index (χ0v) is 37.3. The summed E-state index contributed by atoms with van der Waals surface area (Å²) in [6.45, 7) is 7.85. The lowest BCUT2D eigenvalue weighted by atomic mass is 9.44. The molecule has 0 amide bonds. The fourth-order valence-electron chi connectivity index (χ4n) is 14.7. The average molecular weight is 919 g/mol. The van der Waals surface area contributed by atoms with Gasteiger partial charge in [-0.25, -0.2) is 0 Å². The molecule has 28 atom stereocenters. The van der Waals surface area contributed by atoms with Gasteiger partial charge in [-0.3, -0.25) is 0 Å². The molecule has 11 N–H and O–H groups in total. The second-order valence-electron chi connectivity index (χ2n) is 21.7. The van der Waals surface area contributed by atoms with Gasteiger partial charge in [0.2, 0.25) is 0 Å². The first-order valence-corrected chi connectivity index (χ1v) is 23.9. The van der Waals surface area contributed by atoms with Gasteiger partial charge in [-0.15, -0.1) is 0 Å². The summed E-state index contributed by atoms with van der Waals surface area (Å²) in [5, 5.41) is 118. The molecule has 0 radical (unpaired) electrons. The van der Waals surface area contributed by atoms with Crippen molar-refractivity contribution >= 4 is 0 Å². The second-order valence-corrected chi connectivity index (χ2v) is 21.7. The summed E-state index contributed by atoms with van der Waals surface area (Å²) in [4.78, 5) is 0. The van der Waals surface area contributed by atoms with Gasteiger partial charge in [0.15, 0.2) is 24.7 Å². The average Bonchev–Trinajstić information content (AvgIpc) is 3.72. The minimum absolute atomic E-state index is 0.144. The van der Waals surface area contributed by atoms with Crippen LogP contribution < -0.4 is 0 Å². The number of fused-ring (bicyclic) bond motifs is 7. The monoisotopic (exact) mass is 918 g/mol. The summed E-state index contributed by atoms with van der Waals surface area (Å²) in [5.41, 5.74) is 0.0147. The third-order valence-electron chi connectivity index (χ3n) is 18.3. The van der Waals surface area contributed by atoms with E-state index < -0.39 is 130 Å². The van der Waals surface area contributed by atoms with Gasteiger partial charge in [0.25, 0.3) is 0 Å². The molecule has 9 fully saturated rings. The summed E-state index contributed by atoms with van der Waals surface area (Å²) in [5.74, 6) is 2.57. The third kappa shape index (κ3) is 7.85. The van der Waals surface area contributed by atoms with Gasteiger partial charge in [-0.05, 0) is 97.7 Å². The van der Waals surface area contributed by atoms with Gasteiger partial charge >= 0.3 is 0 Å². The Kier molecular flexibility index (Phi) is 13.7. The molecule has 9 rings (SSSR count). The molecule has 64 heavy (non-hydrogen) atoms. The summed E-state index contributed by atoms with van der Waals surface area (Å²) in [6, 6.07) is 0. The molecule has 5 saturated heterocycles. The van der Waals surface area contributed by atoms with Crippen molar-refractivity contribution in [2.24, 2.45) is 52.3 Å². The molecular weight excluding hydrogens is 844 g/mol. The molecule has 0 bridgehead atoms. The Morgan fingerprint density at radius 2 is 1.19 bits per heavy atom. The number of aliphatic hydroxyl groups is 11. The van der Waals surface area contributed by atoms with Crippen molar-refractivity contribution in [1.82, 2.24) is 0 Å². The lowest BCUT2D eigenvalue weighted by Gasteiger charge is -2.62. The molecule has 1 spiro atoms. The van der Waals surface area contributed by atoms with Gasteiger partial charge in [-0.1, -0.05) is 27.7 Å². The number of ether oxygens (including phenoxy) is 8.